The Balaban J connectivity index is 0.00000432. The third kappa shape index (κ3) is 5.76. The van der Waals surface area contributed by atoms with Crippen LogP contribution in [0.5, 0.6) is 0 Å². The van der Waals surface area contributed by atoms with Crippen LogP contribution in [0.3, 0.4) is 0 Å². The van der Waals surface area contributed by atoms with Crippen LogP contribution < -0.4 is 34.9 Å². The van der Waals surface area contributed by atoms with Gasteiger partial charge in [-0.2, -0.15) is 10.2 Å². The molecule has 0 unspecified atom stereocenters. The maximum atomic E-state index is 11.1. The molecule has 0 bridgehead atoms. The van der Waals surface area contributed by atoms with Gasteiger partial charge in [-0.3, -0.25) is 0 Å². The largest absolute Gasteiger partial charge is 1.00 e. The third-order valence-corrected chi connectivity index (χ3v) is 3.56. The fourth-order valence-electron chi connectivity index (χ4n) is 1.66. The second kappa shape index (κ2) is 9.07. The van der Waals surface area contributed by atoms with Crippen LogP contribution in [0.15, 0.2) is 93.8 Å². The van der Waals surface area contributed by atoms with Gasteiger partial charge in [0.2, 0.25) is 0 Å². The molecule has 3 aromatic rings. The first-order valence-electron chi connectivity index (χ1n) is 11.2. The average molecular weight is 384 g/mol. The Morgan fingerprint density at radius 1 is 0.885 bits per heavy atom. The van der Waals surface area contributed by atoms with E-state index in [1.165, 1.54) is 12.1 Å². The van der Waals surface area contributed by atoms with Crippen molar-refractivity contribution in [3.63, 3.8) is 0 Å². The van der Waals surface area contributed by atoms with E-state index < -0.39 is 86.5 Å². The molecule has 0 amide bonds. The minimum Gasteiger partial charge on any atom is -0.744 e. The molecule has 3 rings (SSSR count). The van der Waals surface area contributed by atoms with Crippen LogP contribution in [0.25, 0.3) is 0 Å². The minimum atomic E-state index is -4.75. The first-order valence-corrected chi connectivity index (χ1v) is 8.08. The van der Waals surface area contributed by atoms with Gasteiger partial charge in [0.1, 0.15) is 10.1 Å². The van der Waals surface area contributed by atoms with Gasteiger partial charge in [-0.05, 0) is 54.5 Å². The summed E-state index contributed by atoms with van der Waals surface area (Å²) in [6.07, 6.45) is 0. The number of benzene rings is 3. The van der Waals surface area contributed by atoms with Gasteiger partial charge in [-0.1, -0.05) is 24.2 Å². The molecule has 0 aliphatic heterocycles. The van der Waals surface area contributed by atoms with E-state index in [1.54, 1.807) is 0 Å². The Morgan fingerprint density at radius 2 is 1.50 bits per heavy atom. The van der Waals surface area contributed by atoms with Gasteiger partial charge in [0.15, 0.2) is 0 Å². The molecule has 0 aromatic heterocycles. The van der Waals surface area contributed by atoms with E-state index in [2.05, 4.69) is 15.5 Å². The molecule has 6 nitrogen and oxygen atoms in total. The molecule has 0 aliphatic rings. The fourth-order valence-corrected chi connectivity index (χ4v) is 2.18. The van der Waals surface area contributed by atoms with Crippen LogP contribution in [0.2, 0.25) is 0 Å². The van der Waals surface area contributed by atoms with Crippen LogP contribution >= 0.6 is 0 Å². The van der Waals surface area contributed by atoms with Crippen LogP contribution in [0.4, 0.5) is 22.7 Å². The number of hydrogen-bond donors (Lipinski definition) is 1. The zero-order chi connectivity index (χ0) is 25.5. The van der Waals surface area contributed by atoms with Crippen molar-refractivity contribution >= 4 is 32.9 Å². The number of nitrogens with one attached hydrogen (secondary N) is 1. The van der Waals surface area contributed by atoms with Crippen LogP contribution in [0, 0.1) is 0 Å². The number of nitrogens with zero attached hydrogens (tertiary/aromatic N) is 2. The molecule has 1 N–H and O–H groups in total. The van der Waals surface area contributed by atoms with Crippen LogP contribution in [-0.4, -0.2) is 13.0 Å². The molecule has 126 valence electrons. The minimum absolute atomic E-state index is 0. The Morgan fingerprint density at radius 3 is 2.15 bits per heavy atom. The summed E-state index contributed by atoms with van der Waals surface area (Å²) in [7, 11) is -4.75. The molecule has 0 saturated carbocycles. The van der Waals surface area contributed by atoms with E-state index in [9.17, 15) is 13.0 Å². The molecule has 0 heterocycles. The molecule has 0 radical (unpaired) electrons. The third-order valence-electron chi connectivity index (χ3n) is 2.73. The monoisotopic (exact) mass is 384 g/mol. The maximum absolute atomic E-state index is 11.1. The van der Waals surface area contributed by atoms with E-state index in [-0.39, 0.29) is 35.2 Å². The second-order valence-electron chi connectivity index (χ2n) is 4.50. The van der Waals surface area contributed by atoms with E-state index in [0.717, 1.165) is 12.1 Å². The molecular formula is C18H14N3NaO3S. The van der Waals surface area contributed by atoms with E-state index in [0.29, 0.717) is 0 Å². The zero-order valence-electron chi connectivity index (χ0n) is 22.3. The van der Waals surface area contributed by atoms with Crippen molar-refractivity contribution in [2.24, 2.45) is 10.2 Å². The number of rotatable bonds is 5. The first kappa shape index (κ1) is 11.0. The summed E-state index contributed by atoms with van der Waals surface area (Å²) in [5.74, 6) is 0. The van der Waals surface area contributed by atoms with Gasteiger partial charge in [0.25, 0.3) is 0 Å². The van der Waals surface area contributed by atoms with E-state index in [1.807, 2.05) is 0 Å². The summed E-state index contributed by atoms with van der Waals surface area (Å²) in [5.41, 5.74) is -1.48. The molecule has 3 aromatic carbocycles. The molecule has 0 saturated heterocycles. The summed E-state index contributed by atoms with van der Waals surface area (Å²) in [6, 6.07) is -1.28. The maximum Gasteiger partial charge on any atom is 1.00 e. The Kier molecular flexibility index (Phi) is 3.82. The van der Waals surface area contributed by atoms with Crippen LogP contribution in [0.1, 0.15) is 12.3 Å². The van der Waals surface area contributed by atoms with Gasteiger partial charge in [0, 0.05) is 11.4 Å². The van der Waals surface area contributed by atoms with Crippen molar-refractivity contribution in [2.75, 3.05) is 5.32 Å². The summed E-state index contributed by atoms with van der Waals surface area (Å²) in [5, 5.41) is 9.77. The predicted molar refractivity (Wildman–Crippen MR) is 94.7 cm³/mol. The number of azo groups is 1. The Bertz CT molecular complexity index is 1410. The second-order valence-corrected chi connectivity index (χ2v) is 5.88. The molecule has 0 atom stereocenters. The first-order chi connectivity index (χ1) is 15.8. The van der Waals surface area contributed by atoms with Crippen molar-refractivity contribution < 1.29 is 54.9 Å². The van der Waals surface area contributed by atoms with Gasteiger partial charge in [-0.25, -0.2) is 8.42 Å². The molecule has 0 aliphatic carbocycles. The normalized spacial score (nSPS) is 16.0. The smallest absolute Gasteiger partial charge is 0.744 e. The van der Waals surface area contributed by atoms with Crippen molar-refractivity contribution in [1.82, 2.24) is 0 Å². The molecule has 0 spiro atoms. The summed E-state index contributed by atoms with van der Waals surface area (Å²) in [4.78, 5) is -0.568. The number of para-hydroxylation sites is 1. The van der Waals surface area contributed by atoms with Gasteiger partial charge in [-0.15, -0.1) is 0 Å². The van der Waals surface area contributed by atoms with E-state index in [4.69, 9.17) is 12.3 Å². The molecular weight excluding hydrogens is 361 g/mol. The zero-order valence-corrected chi connectivity index (χ0v) is 16.2. The van der Waals surface area contributed by atoms with Gasteiger partial charge in [0.05, 0.1) is 28.6 Å². The molecule has 26 heavy (non-hydrogen) atoms. The van der Waals surface area contributed by atoms with Crippen molar-refractivity contribution in [1.29, 1.82) is 0 Å². The van der Waals surface area contributed by atoms with Gasteiger partial charge < -0.3 is 9.87 Å². The average Bonchev–Trinajstić information content (AvgIpc) is 2.79. The predicted octanol–water partition coefficient (Wildman–Crippen LogP) is 1.75. The van der Waals surface area contributed by atoms with Crippen LogP contribution in [-0.2, 0) is 10.1 Å². The van der Waals surface area contributed by atoms with E-state index >= 15 is 0 Å². The van der Waals surface area contributed by atoms with Crippen molar-refractivity contribution in [3.8, 4) is 0 Å². The number of anilines is 2. The standard InChI is InChI=1S/C18H15N3O3S.Na/c22-25(23,24)18-8-4-7-17(13-18)21-20-16-11-9-15(10-12-16)19-14-5-2-1-3-6-14;/h1-13,19H,(H,22,23,24);/q;+1/p-1/i1D,2D,3D,5D,6D,9D,10D,11D,12D;. The molecule has 0 fully saturated rings. The summed E-state index contributed by atoms with van der Waals surface area (Å²) < 4.78 is 105. The van der Waals surface area contributed by atoms with Gasteiger partial charge >= 0.3 is 29.6 Å². The summed E-state index contributed by atoms with van der Waals surface area (Å²) in [6.45, 7) is 0. The Labute approximate surface area is 186 Å². The summed E-state index contributed by atoms with van der Waals surface area (Å²) >= 11 is 0. The topological polar surface area (TPSA) is 94.0 Å². The molecule has 8 heteroatoms. The van der Waals surface area contributed by atoms with Crippen molar-refractivity contribution in [3.05, 3.63) is 78.6 Å². The quantitative estimate of drug-likeness (QED) is 0.412. The fraction of sp³-hybridized carbons (Fsp3) is 0. The number of hydrogen-bond acceptors (Lipinski definition) is 6. The SMILES string of the molecule is [2H]c1c([2H])c([2H])c(Nc2c([2H])c([2H])c(N=Nc3cccc(S(=O)(=O)[O-])c3)c([2H])c2[2H])c([2H])c1[2H].[Na+]. The van der Waals surface area contributed by atoms with Crippen molar-refractivity contribution in [2.45, 2.75) is 4.90 Å². The Hall–Kier alpha value is -2.03.